The number of fused-ring (bicyclic) bond motifs is 1. The molecule has 0 bridgehead atoms. The van der Waals surface area contributed by atoms with Crippen molar-refractivity contribution in [3.05, 3.63) is 35.4 Å². The Labute approximate surface area is 189 Å². The summed E-state index contributed by atoms with van der Waals surface area (Å²) in [6, 6.07) is 5.88. The standard InChI is InChI=1S/C23H33N5O4/c1-16(24-23(29)18-7-12-32-13-8-18)22-26-25-21-6-9-27(10-11-28(21)22)15-17-4-5-19(30-2)20(14-17)31-3/h4-5,14,16,18H,6-13,15H2,1-3H3,(H,24,29). The summed E-state index contributed by atoms with van der Waals surface area (Å²) in [5.74, 6) is 3.39. The van der Waals surface area contributed by atoms with Crippen LogP contribution < -0.4 is 14.8 Å². The average Bonchev–Trinajstić information content (AvgIpc) is 3.14. The van der Waals surface area contributed by atoms with Crippen LogP contribution in [-0.2, 0) is 29.0 Å². The number of benzene rings is 1. The van der Waals surface area contributed by atoms with Crippen LogP contribution in [0.25, 0.3) is 0 Å². The molecule has 0 spiro atoms. The predicted molar refractivity (Wildman–Crippen MR) is 119 cm³/mol. The number of methoxy groups -OCH3 is 2. The van der Waals surface area contributed by atoms with Crippen molar-refractivity contribution in [1.29, 1.82) is 0 Å². The molecule has 0 aliphatic carbocycles. The molecule has 1 fully saturated rings. The molecular weight excluding hydrogens is 410 g/mol. The van der Waals surface area contributed by atoms with Crippen molar-refractivity contribution in [2.75, 3.05) is 40.5 Å². The van der Waals surface area contributed by atoms with E-state index in [-0.39, 0.29) is 17.9 Å². The molecule has 1 atom stereocenters. The molecule has 2 aromatic rings. The maximum Gasteiger partial charge on any atom is 0.223 e. The van der Waals surface area contributed by atoms with Crippen LogP contribution in [0.3, 0.4) is 0 Å². The van der Waals surface area contributed by atoms with Crippen LogP contribution in [-0.4, -0.2) is 66.1 Å². The van der Waals surface area contributed by atoms with Crippen LogP contribution >= 0.6 is 0 Å². The van der Waals surface area contributed by atoms with Gasteiger partial charge in [-0.3, -0.25) is 9.69 Å². The van der Waals surface area contributed by atoms with E-state index in [9.17, 15) is 4.79 Å². The molecule has 0 saturated carbocycles. The molecule has 1 unspecified atom stereocenters. The molecule has 174 valence electrons. The minimum atomic E-state index is -0.177. The second-order valence-corrected chi connectivity index (χ2v) is 8.46. The van der Waals surface area contributed by atoms with Gasteiger partial charge in [-0.2, -0.15) is 0 Å². The summed E-state index contributed by atoms with van der Waals surface area (Å²) in [7, 11) is 3.30. The average molecular weight is 444 g/mol. The number of rotatable bonds is 7. The van der Waals surface area contributed by atoms with Crippen molar-refractivity contribution >= 4 is 5.91 Å². The Balaban J connectivity index is 1.38. The van der Waals surface area contributed by atoms with Crippen molar-refractivity contribution in [2.45, 2.75) is 45.3 Å². The highest BCUT2D eigenvalue weighted by molar-refractivity contribution is 5.79. The van der Waals surface area contributed by atoms with Gasteiger partial charge in [0.2, 0.25) is 5.91 Å². The number of hydrogen-bond acceptors (Lipinski definition) is 7. The summed E-state index contributed by atoms with van der Waals surface area (Å²) in [4.78, 5) is 15.0. The fourth-order valence-electron chi connectivity index (χ4n) is 4.46. The van der Waals surface area contributed by atoms with Gasteiger partial charge in [-0.05, 0) is 37.5 Å². The van der Waals surface area contributed by atoms with E-state index >= 15 is 0 Å². The van der Waals surface area contributed by atoms with Crippen LogP contribution in [0.15, 0.2) is 18.2 Å². The molecule has 32 heavy (non-hydrogen) atoms. The van der Waals surface area contributed by atoms with E-state index in [1.807, 2.05) is 19.1 Å². The predicted octanol–water partition coefficient (Wildman–Crippen LogP) is 1.96. The third kappa shape index (κ3) is 5.05. The Morgan fingerprint density at radius 1 is 1.16 bits per heavy atom. The molecule has 1 aromatic heterocycles. The first-order valence-electron chi connectivity index (χ1n) is 11.3. The minimum absolute atomic E-state index is 0.0229. The molecule has 9 nitrogen and oxygen atoms in total. The fourth-order valence-corrected chi connectivity index (χ4v) is 4.46. The van der Waals surface area contributed by atoms with Crippen LogP contribution in [0.2, 0.25) is 0 Å². The van der Waals surface area contributed by atoms with Gasteiger partial charge in [0.25, 0.3) is 0 Å². The highest BCUT2D eigenvalue weighted by Gasteiger charge is 2.26. The van der Waals surface area contributed by atoms with Crippen molar-refractivity contribution < 1.29 is 19.0 Å². The van der Waals surface area contributed by atoms with E-state index < -0.39 is 0 Å². The number of ether oxygens (including phenoxy) is 3. The molecule has 1 amide bonds. The summed E-state index contributed by atoms with van der Waals surface area (Å²) in [5.41, 5.74) is 1.18. The minimum Gasteiger partial charge on any atom is -0.493 e. The molecule has 1 saturated heterocycles. The van der Waals surface area contributed by atoms with E-state index in [4.69, 9.17) is 14.2 Å². The van der Waals surface area contributed by atoms with E-state index in [2.05, 4.69) is 31.0 Å². The molecule has 2 aliphatic rings. The monoisotopic (exact) mass is 443 g/mol. The zero-order valence-electron chi connectivity index (χ0n) is 19.2. The van der Waals surface area contributed by atoms with E-state index in [0.717, 1.165) is 68.6 Å². The highest BCUT2D eigenvalue weighted by Crippen LogP contribution is 2.28. The summed E-state index contributed by atoms with van der Waals surface area (Å²) in [5, 5.41) is 12.0. The lowest BCUT2D eigenvalue weighted by Crippen LogP contribution is -2.36. The van der Waals surface area contributed by atoms with Crippen LogP contribution in [0, 0.1) is 5.92 Å². The van der Waals surface area contributed by atoms with Gasteiger partial charge in [0.1, 0.15) is 5.82 Å². The van der Waals surface area contributed by atoms with Crippen LogP contribution in [0.1, 0.15) is 43.0 Å². The first kappa shape index (κ1) is 22.5. The van der Waals surface area contributed by atoms with Crippen LogP contribution in [0.5, 0.6) is 11.5 Å². The molecular formula is C23H33N5O4. The quantitative estimate of drug-likeness (QED) is 0.699. The molecule has 2 aliphatic heterocycles. The molecule has 4 rings (SSSR count). The van der Waals surface area contributed by atoms with Crippen molar-refractivity contribution in [2.24, 2.45) is 5.92 Å². The number of hydrogen-bond donors (Lipinski definition) is 1. The Bertz CT molecular complexity index is 925. The highest BCUT2D eigenvalue weighted by atomic mass is 16.5. The SMILES string of the molecule is COc1ccc(CN2CCc3nnc(C(C)NC(=O)C4CCOCC4)n3CC2)cc1OC. The summed E-state index contributed by atoms with van der Waals surface area (Å²) in [6.07, 6.45) is 2.38. The molecule has 1 aromatic carbocycles. The number of amides is 1. The number of carbonyl (C=O) groups is 1. The number of aromatic nitrogens is 3. The second kappa shape index (κ2) is 10.3. The molecule has 3 heterocycles. The van der Waals surface area contributed by atoms with Gasteiger partial charge in [-0.25, -0.2) is 0 Å². The maximum atomic E-state index is 12.6. The first-order valence-corrected chi connectivity index (χ1v) is 11.3. The van der Waals surface area contributed by atoms with Crippen molar-refractivity contribution in [3.8, 4) is 11.5 Å². The topological polar surface area (TPSA) is 90.7 Å². The van der Waals surface area contributed by atoms with Gasteiger partial charge < -0.3 is 24.1 Å². The van der Waals surface area contributed by atoms with Gasteiger partial charge in [0.05, 0.1) is 20.3 Å². The molecule has 1 N–H and O–H groups in total. The molecule has 9 heteroatoms. The van der Waals surface area contributed by atoms with Gasteiger partial charge >= 0.3 is 0 Å². The Hall–Kier alpha value is -2.65. The fraction of sp³-hybridized carbons (Fsp3) is 0.609. The van der Waals surface area contributed by atoms with E-state index in [0.29, 0.717) is 13.2 Å². The second-order valence-electron chi connectivity index (χ2n) is 8.46. The van der Waals surface area contributed by atoms with Gasteiger partial charge in [-0.1, -0.05) is 6.07 Å². The van der Waals surface area contributed by atoms with Crippen molar-refractivity contribution in [1.82, 2.24) is 25.0 Å². The zero-order chi connectivity index (χ0) is 22.5. The number of nitrogens with zero attached hydrogens (tertiary/aromatic N) is 4. The molecule has 0 radical (unpaired) electrons. The lowest BCUT2D eigenvalue weighted by atomic mass is 9.99. The zero-order valence-corrected chi connectivity index (χ0v) is 19.2. The van der Waals surface area contributed by atoms with Crippen molar-refractivity contribution in [3.63, 3.8) is 0 Å². The smallest absolute Gasteiger partial charge is 0.223 e. The lowest BCUT2D eigenvalue weighted by Gasteiger charge is -2.23. The third-order valence-corrected chi connectivity index (χ3v) is 6.34. The number of carbonyl (C=O) groups excluding carboxylic acids is 1. The largest absolute Gasteiger partial charge is 0.493 e. The maximum absolute atomic E-state index is 12.6. The van der Waals surface area contributed by atoms with Gasteiger partial charge in [-0.15, -0.1) is 10.2 Å². The summed E-state index contributed by atoms with van der Waals surface area (Å²) < 4.78 is 18.3. The first-order chi connectivity index (χ1) is 15.6. The third-order valence-electron chi connectivity index (χ3n) is 6.34. The van der Waals surface area contributed by atoms with E-state index in [1.54, 1.807) is 14.2 Å². The Kier molecular flexibility index (Phi) is 7.26. The normalized spacial score (nSPS) is 18.5. The summed E-state index contributed by atoms with van der Waals surface area (Å²) >= 11 is 0. The summed E-state index contributed by atoms with van der Waals surface area (Å²) in [6.45, 7) is 6.70. The van der Waals surface area contributed by atoms with Gasteiger partial charge in [0, 0.05) is 51.7 Å². The Morgan fingerprint density at radius 2 is 1.94 bits per heavy atom. The van der Waals surface area contributed by atoms with Gasteiger partial charge in [0.15, 0.2) is 17.3 Å². The lowest BCUT2D eigenvalue weighted by molar-refractivity contribution is -0.128. The van der Waals surface area contributed by atoms with E-state index in [1.165, 1.54) is 5.56 Å². The van der Waals surface area contributed by atoms with Crippen LogP contribution in [0.4, 0.5) is 0 Å². The Morgan fingerprint density at radius 3 is 2.69 bits per heavy atom. The number of nitrogens with one attached hydrogen (secondary N) is 1.